The van der Waals surface area contributed by atoms with E-state index in [1.807, 2.05) is 11.8 Å². The largest absolute Gasteiger partial charge is 0.392 e. The first kappa shape index (κ1) is 12.3. The van der Waals surface area contributed by atoms with Crippen LogP contribution >= 0.6 is 11.8 Å². The summed E-state index contributed by atoms with van der Waals surface area (Å²) in [7, 11) is 0. The maximum atomic E-state index is 10.5. The molecule has 1 N–H and O–H groups in total. The Morgan fingerprint density at radius 1 is 1.29 bits per heavy atom. The van der Waals surface area contributed by atoms with Gasteiger partial charge in [-0.1, -0.05) is 0 Å². The van der Waals surface area contributed by atoms with E-state index in [1.165, 1.54) is 18.6 Å². The van der Waals surface area contributed by atoms with E-state index in [4.69, 9.17) is 9.47 Å². The van der Waals surface area contributed by atoms with Gasteiger partial charge in [-0.05, 0) is 37.4 Å². The molecule has 3 nitrogen and oxygen atoms in total. The lowest BCUT2D eigenvalue weighted by atomic mass is 9.81. The highest BCUT2D eigenvalue weighted by Gasteiger charge is 2.44. The highest BCUT2D eigenvalue weighted by Crippen LogP contribution is 2.41. The molecule has 0 aliphatic carbocycles. The average Bonchev–Trinajstić information content (AvgIpc) is 3.00. The van der Waals surface area contributed by atoms with Crippen molar-refractivity contribution in [2.75, 3.05) is 25.6 Å². The molecule has 3 heterocycles. The molecule has 0 aromatic heterocycles. The number of rotatable bonds is 2. The van der Waals surface area contributed by atoms with Crippen LogP contribution in [0.5, 0.6) is 0 Å². The van der Waals surface area contributed by atoms with Crippen molar-refractivity contribution >= 4 is 11.8 Å². The molecule has 4 heteroatoms. The van der Waals surface area contributed by atoms with E-state index in [1.54, 1.807) is 0 Å². The van der Waals surface area contributed by atoms with Gasteiger partial charge in [-0.25, -0.2) is 0 Å². The molecule has 3 rings (SSSR count). The lowest BCUT2D eigenvalue weighted by Gasteiger charge is -2.40. The van der Waals surface area contributed by atoms with Crippen molar-refractivity contribution in [1.29, 1.82) is 0 Å². The zero-order valence-corrected chi connectivity index (χ0v) is 11.1. The lowest BCUT2D eigenvalue weighted by molar-refractivity contribution is -0.116. The van der Waals surface area contributed by atoms with Crippen LogP contribution in [0.25, 0.3) is 0 Å². The number of hydrogen-bond acceptors (Lipinski definition) is 4. The fraction of sp³-hybridized carbons (Fsp3) is 1.00. The summed E-state index contributed by atoms with van der Waals surface area (Å²) in [6, 6.07) is 0. The van der Waals surface area contributed by atoms with Crippen LogP contribution in [0.2, 0.25) is 0 Å². The predicted molar refractivity (Wildman–Crippen MR) is 68.3 cm³/mol. The smallest absolute Gasteiger partial charge is 0.0940 e. The van der Waals surface area contributed by atoms with E-state index < -0.39 is 0 Å². The van der Waals surface area contributed by atoms with Crippen molar-refractivity contribution in [2.45, 2.75) is 49.1 Å². The van der Waals surface area contributed by atoms with Crippen LogP contribution in [0.1, 0.15) is 32.1 Å². The topological polar surface area (TPSA) is 38.7 Å². The number of hydrogen-bond donors (Lipinski definition) is 1. The molecule has 0 amide bonds. The third-order valence-electron chi connectivity index (χ3n) is 4.43. The summed E-state index contributed by atoms with van der Waals surface area (Å²) in [6.45, 7) is 2.34. The summed E-state index contributed by atoms with van der Waals surface area (Å²) >= 11 is 1.95. The molecule has 0 radical (unpaired) electrons. The molecule has 4 atom stereocenters. The summed E-state index contributed by atoms with van der Waals surface area (Å²) in [6.07, 6.45) is 5.33. The molecule has 17 heavy (non-hydrogen) atoms. The number of aliphatic hydroxyl groups excluding tert-OH is 1. The first-order chi connectivity index (χ1) is 8.29. The van der Waals surface area contributed by atoms with Gasteiger partial charge in [-0.3, -0.25) is 0 Å². The van der Waals surface area contributed by atoms with Crippen molar-refractivity contribution in [3.8, 4) is 0 Å². The molecule has 1 spiro atoms. The summed E-state index contributed by atoms with van der Waals surface area (Å²) in [5.41, 5.74) is -0.0623. The standard InChI is InChI=1S/C13H22O3S/c14-12(11-2-1-7-17-11)10-3-5-16-13(8-10)4-6-15-9-13/h10-12,14H,1-9H2. The van der Waals surface area contributed by atoms with Gasteiger partial charge in [-0.15, -0.1) is 0 Å². The zero-order chi connectivity index (χ0) is 11.7. The number of thioether (sulfide) groups is 1. The van der Waals surface area contributed by atoms with E-state index in [9.17, 15) is 5.11 Å². The Morgan fingerprint density at radius 3 is 2.94 bits per heavy atom. The summed E-state index contributed by atoms with van der Waals surface area (Å²) < 4.78 is 11.4. The van der Waals surface area contributed by atoms with Gasteiger partial charge in [0.05, 0.1) is 18.3 Å². The van der Waals surface area contributed by atoms with Gasteiger partial charge in [0.25, 0.3) is 0 Å². The molecule has 0 aromatic rings. The summed E-state index contributed by atoms with van der Waals surface area (Å²) in [5, 5.41) is 11.0. The summed E-state index contributed by atoms with van der Waals surface area (Å²) in [5.74, 6) is 1.64. The Balaban J connectivity index is 1.62. The lowest BCUT2D eigenvalue weighted by Crippen LogP contribution is -2.45. The van der Waals surface area contributed by atoms with E-state index in [0.29, 0.717) is 11.2 Å². The molecule has 3 saturated heterocycles. The monoisotopic (exact) mass is 258 g/mol. The summed E-state index contributed by atoms with van der Waals surface area (Å²) in [4.78, 5) is 0. The van der Waals surface area contributed by atoms with Crippen molar-refractivity contribution in [2.24, 2.45) is 5.92 Å². The van der Waals surface area contributed by atoms with Gasteiger partial charge in [0.2, 0.25) is 0 Å². The van der Waals surface area contributed by atoms with Gasteiger partial charge in [-0.2, -0.15) is 11.8 Å². The fourth-order valence-corrected chi connectivity index (χ4v) is 4.78. The molecule has 3 fully saturated rings. The first-order valence-corrected chi connectivity index (χ1v) is 7.85. The van der Waals surface area contributed by atoms with Crippen molar-refractivity contribution in [3.05, 3.63) is 0 Å². The van der Waals surface area contributed by atoms with E-state index in [2.05, 4.69) is 0 Å². The second-order valence-corrected chi connectivity index (χ2v) is 6.98. The van der Waals surface area contributed by atoms with E-state index in [0.717, 1.165) is 39.1 Å². The van der Waals surface area contributed by atoms with Crippen LogP contribution in [0.4, 0.5) is 0 Å². The van der Waals surface area contributed by atoms with E-state index >= 15 is 0 Å². The average molecular weight is 258 g/mol. The fourth-order valence-electron chi connectivity index (χ4n) is 3.40. The highest BCUT2D eigenvalue weighted by atomic mass is 32.2. The third-order valence-corrected chi connectivity index (χ3v) is 5.89. The minimum Gasteiger partial charge on any atom is -0.392 e. The first-order valence-electron chi connectivity index (χ1n) is 6.80. The van der Waals surface area contributed by atoms with Crippen LogP contribution in [0, 0.1) is 5.92 Å². The SMILES string of the molecule is OC(C1CCOC2(CCOC2)C1)C1CCCS1. The van der Waals surface area contributed by atoms with Crippen molar-refractivity contribution < 1.29 is 14.6 Å². The quantitative estimate of drug-likeness (QED) is 0.820. The molecule has 98 valence electrons. The van der Waals surface area contributed by atoms with Crippen LogP contribution in [0.3, 0.4) is 0 Å². The predicted octanol–water partition coefficient (Wildman–Crippen LogP) is 1.83. The minimum absolute atomic E-state index is 0.0623. The molecule has 3 aliphatic rings. The second-order valence-electron chi connectivity index (χ2n) is 5.63. The van der Waals surface area contributed by atoms with Crippen LogP contribution < -0.4 is 0 Å². The highest BCUT2D eigenvalue weighted by molar-refractivity contribution is 8.00. The maximum Gasteiger partial charge on any atom is 0.0940 e. The van der Waals surface area contributed by atoms with E-state index in [-0.39, 0.29) is 11.7 Å². The molecule has 3 aliphatic heterocycles. The Bertz CT molecular complexity index is 259. The Morgan fingerprint density at radius 2 is 2.24 bits per heavy atom. The zero-order valence-electron chi connectivity index (χ0n) is 10.3. The molecule has 0 bridgehead atoms. The second kappa shape index (κ2) is 5.08. The minimum atomic E-state index is -0.135. The molecule has 0 aromatic carbocycles. The maximum absolute atomic E-state index is 10.5. The molecule has 4 unspecified atom stereocenters. The van der Waals surface area contributed by atoms with Gasteiger partial charge < -0.3 is 14.6 Å². The molecular weight excluding hydrogens is 236 g/mol. The van der Waals surface area contributed by atoms with Gasteiger partial charge >= 0.3 is 0 Å². The van der Waals surface area contributed by atoms with Crippen LogP contribution in [-0.4, -0.2) is 47.6 Å². The van der Waals surface area contributed by atoms with Crippen LogP contribution in [-0.2, 0) is 9.47 Å². The molecular formula is C13H22O3S. The number of ether oxygens (including phenoxy) is 2. The van der Waals surface area contributed by atoms with Gasteiger partial charge in [0.15, 0.2) is 0 Å². The number of aliphatic hydroxyl groups is 1. The van der Waals surface area contributed by atoms with Crippen LogP contribution in [0.15, 0.2) is 0 Å². The Kier molecular flexibility index (Phi) is 3.67. The van der Waals surface area contributed by atoms with Crippen molar-refractivity contribution in [3.63, 3.8) is 0 Å². The van der Waals surface area contributed by atoms with Gasteiger partial charge in [0, 0.05) is 24.9 Å². The van der Waals surface area contributed by atoms with Gasteiger partial charge in [0.1, 0.15) is 0 Å². The third kappa shape index (κ3) is 2.50. The normalized spacial score (nSPS) is 44.3. The Hall–Kier alpha value is 0.230. The Labute approximate surface area is 107 Å². The van der Waals surface area contributed by atoms with Crippen molar-refractivity contribution in [1.82, 2.24) is 0 Å². The molecule has 0 saturated carbocycles.